The van der Waals surface area contributed by atoms with E-state index in [9.17, 15) is 14.4 Å². The van der Waals surface area contributed by atoms with Gasteiger partial charge in [0.05, 0.1) is 0 Å². The van der Waals surface area contributed by atoms with E-state index in [-0.39, 0.29) is 0 Å². The van der Waals surface area contributed by atoms with E-state index in [0.717, 1.165) is 0 Å². The molecule has 2 aliphatic heterocycles. The van der Waals surface area contributed by atoms with Gasteiger partial charge in [0.25, 0.3) is 5.56 Å². The van der Waals surface area contributed by atoms with E-state index < -0.39 is 41.1 Å². The van der Waals surface area contributed by atoms with Crippen LogP contribution in [0.1, 0.15) is 27.0 Å². The van der Waals surface area contributed by atoms with Crippen molar-refractivity contribution < 1.29 is 19.0 Å². The van der Waals surface area contributed by atoms with Crippen LogP contribution in [0.3, 0.4) is 0 Å². The zero-order chi connectivity index (χ0) is 15.4. The Morgan fingerprint density at radius 1 is 1.33 bits per heavy atom. The highest BCUT2D eigenvalue weighted by Crippen LogP contribution is 2.49. The number of aldehydes is 1. The number of H-pyrrole nitrogens is 1. The maximum Gasteiger partial charge on any atom is 0.330 e. The van der Waals surface area contributed by atoms with Gasteiger partial charge >= 0.3 is 5.69 Å². The predicted octanol–water partition coefficient (Wildman–Crippen LogP) is -0.457. The van der Waals surface area contributed by atoms with E-state index >= 15 is 0 Å². The fourth-order valence-electron chi connectivity index (χ4n) is 3.03. The number of aromatic nitrogens is 2. The molecule has 1 unspecified atom stereocenters. The summed E-state index contributed by atoms with van der Waals surface area (Å²) in [5, 5.41) is 0. The number of hydrogen-bond acceptors (Lipinski definition) is 6. The van der Waals surface area contributed by atoms with Crippen molar-refractivity contribution in [1.82, 2.24) is 9.55 Å². The van der Waals surface area contributed by atoms with Gasteiger partial charge in [-0.15, -0.1) is 0 Å². The second kappa shape index (κ2) is 4.36. The second-order valence-electron chi connectivity index (χ2n) is 5.83. The molecule has 114 valence electrons. The van der Waals surface area contributed by atoms with Gasteiger partial charge in [0.2, 0.25) is 0 Å². The molecule has 1 aromatic heterocycles. The van der Waals surface area contributed by atoms with Crippen LogP contribution in [-0.2, 0) is 19.0 Å². The normalized spacial score (nSPS) is 37.4. The predicted molar refractivity (Wildman–Crippen MR) is 69.7 cm³/mol. The molecule has 0 amide bonds. The van der Waals surface area contributed by atoms with Gasteiger partial charge < -0.3 is 19.0 Å². The first-order valence-electron chi connectivity index (χ1n) is 6.57. The van der Waals surface area contributed by atoms with Gasteiger partial charge in [0.1, 0.15) is 17.8 Å². The highest BCUT2D eigenvalue weighted by molar-refractivity contribution is 5.58. The summed E-state index contributed by atoms with van der Waals surface area (Å²) in [6.07, 6.45) is -0.404. The van der Waals surface area contributed by atoms with Gasteiger partial charge in [-0.05, 0) is 20.8 Å². The van der Waals surface area contributed by atoms with Gasteiger partial charge in [0.15, 0.2) is 18.3 Å². The number of nitrogens with one attached hydrogen (secondary N) is 1. The minimum Gasteiger partial charge on any atom is -0.341 e. The van der Waals surface area contributed by atoms with Crippen LogP contribution in [0.5, 0.6) is 0 Å². The van der Waals surface area contributed by atoms with Crippen molar-refractivity contribution in [2.75, 3.05) is 0 Å². The van der Waals surface area contributed by atoms with Gasteiger partial charge in [-0.2, -0.15) is 0 Å². The maximum atomic E-state index is 12.0. The van der Waals surface area contributed by atoms with Crippen molar-refractivity contribution in [3.05, 3.63) is 33.1 Å². The van der Waals surface area contributed by atoms with Crippen LogP contribution in [0.4, 0.5) is 0 Å². The molecule has 1 aromatic rings. The van der Waals surface area contributed by atoms with Crippen LogP contribution in [-0.4, -0.2) is 39.4 Å². The van der Waals surface area contributed by atoms with Crippen LogP contribution in [0.15, 0.2) is 21.9 Å². The van der Waals surface area contributed by atoms with Crippen molar-refractivity contribution in [3.63, 3.8) is 0 Å². The van der Waals surface area contributed by atoms with Gasteiger partial charge in [-0.25, -0.2) is 4.79 Å². The highest BCUT2D eigenvalue weighted by atomic mass is 16.8. The van der Waals surface area contributed by atoms with Crippen molar-refractivity contribution in [2.45, 2.75) is 50.6 Å². The second-order valence-corrected chi connectivity index (χ2v) is 5.83. The largest absolute Gasteiger partial charge is 0.341 e. The molecule has 1 N–H and O–H groups in total. The number of fused-ring (bicyclic) bond motifs is 1. The number of hydrogen-bond donors (Lipinski definition) is 1. The summed E-state index contributed by atoms with van der Waals surface area (Å²) in [7, 11) is 0. The Bertz CT molecular complexity index is 692. The molecule has 3 rings (SSSR count). The summed E-state index contributed by atoms with van der Waals surface area (Å²) < 4.78 is 18.4. The number of nitrogens with zero attached hydrogens (tertiary/aromatic N) is 1. The molecular weight excluding hydrogens is 280 g/mol. The first-order chi connectivity index (χ1) is 9.77. The first-order valence-corrected chi connectivity index (χ1v) is 6.57. The monoisotopic (exact) mass is 296 g/mol. The van der Waals surface area contributed by atoms with Gasteiger partial charge in [-0.1, -0.05) is 0 Å². The molecule has 8 nitrogen and oxygen atoms in total. The van der Waals surface area contributed by atoms with E-state index in [1.807, 2.05) is 0 Å². The third kappa shape index (κ3) is 2.06. The molecule has 4 atom stereocenters. The topological polar surface area (TPSA) is 99.6 Å². The highest BCUT2D eigenvalue weighted by Gasteiger charge is 2.64. The minimum absolute atomic E-state index is 0.508. The summed E-state index contributed by atoms with van der Waals surface area (Å²) in [4.78, 5) is 36.5. The van der Waals surface area contributed by atoms with Gasteiger partial charge in [0, 0.05) is 12.3 Å². The Balaban J connectivity index is 2.09. The standard InChI is InChI=1S/C13H16N2O6/c1-12(2)20-9-7(6-16)19-10(13(9,3)21-12)15-5-4-8(17)14-11(15)18/h4-7,9-10H,1-3H3,(H,14,17,18)/t7-,9?,10-,13-/m1/s1. The molecule has 3 heterocycles. The molecule has 0 radical (unpaired) electrons. The molecule has 0 bridgehead atoms. The average molecular weight is 296 g/mol. The summed E-state index contributed by atoms with van der Waals surface area (Å²) in [6, 6.07) is 1.21. The fourth-order valence-corrected chi connectivity index (χ4v) is 3.03. The lowest BCUT2D eigenvalue weighted by molar-refractivity contribution is -0.213. The van der Waals surface area contributed by atoms with Crippen LogP contribution in [0.2, 0.25) is 0 Å². The summed E-state index contributed by atoms with van der Waals surface area (Å²) in [6.45, 7) is 5.17. The molecule has 2 saturated heterocycles. The summed E-state index contributed by atoms with van der Waals surface area (Å²) in [5.41, 5.74) is -2.16. The Hall–Kier alpha value is -1.77. The first kappa shape index (κ1) is 14.2. The summed E-state index contributed by atoms with van der Waals surface area (Å²) >= 11 is 0. The maximum absolute atomic E-state index is 12.0. The number of ether oxygens (including phenoxy) is 3. The van der Waals surface area contributed by atoms with Crippen molar-refractivity contribution >= 4 is 6.29 Å². The third-order valence-electron chi connectivity index (χ3n) is 3.75. The van der Waals surface area contributed by atoms with E-state index in [4.69, 9.17) is 14.2 Å². The Morgan fingerprint density at radius 2 is 2.05 bits per heavy atom. The Labute approximate surface area is 119 Å². The lowest BCUT2D eigenvalue weighted by atomic mass is 9.97. The Morgan fingerprint density at radius 3 is 2.67 bits per heavy atom. The van der Waals surface area contributed by atoms with Crippen LogP contribution in [0, 0.1) is 0 Å². The SMILES string of the molecule is CC1(C)OC2[C@@H](C=O)O[C@@H](n3ccc(=O)[nH]c3=O)[C@]2(C)O1. The molecule has 0 aliphatic carbocycles. The Kier molecular flexibility index (Phi) is 2.94. The molecule has 21 heavy (non-hydrogen) atoms. The molecular formula is C13H16N2O6. The molecule has 0 aromatic carbocycles. The number of rotatable bonds is 2. The molecule has 2 aliphatic rings. The quantitative estimate of drug-likeness (QED) is 0.742. The average Bonchev–Trinajstić information content (AvgIpc) is 2.76. The summed E-state index contributed by atoms with van der Waals surface area (Å²) in [5.74, 6) is -0.894. The zero-order valence-corrected chi connectivity index (χ0v) is 11.9. The zero-order valence-electron chi connectivity index (χ0n) is 11.9. The molecule has 8 heteroatoms. The van der Waals surface area contributed by atoms with E-state index in [0.29, 0.717) is 6.29 Å². The molecule has 2 fully saturated rings. The lowest BCUT2D eigenvalue weighted by Gasteiger charge is -2.30. The molecule has 0 saturated carbocycles. The van der Waals surface area contributed by atoms with Crippen molar-refractivity contribution in [2.24, 2.45) is 0 Å². The lowest BCUT2D eigenvalue weighted by Crippen LogP contribution is -2.45. The number of aromatic amines is 1. The van der Waals surface area contributed by atoms with E-state index in [1.54, 1.807) is 20.8 Å². The third-order valence-corrected chi connectivity index (χ3v) is 3.75. The van der Waals surface area contributed by atoms with Crippen molar-refractivity contribution in [1.29, 1.82) is 0 Å². The molecule has 0 spiro atoms. The van der Waals surface area contributed by atoms with Crippen LogP contribution in [0.25, 0.3) is 0 Å². The number of carbonyl (C=O) groups is 1. The van der Waals surface area contributed by atoms with Crippen LogP contribution >= 0.6 is 0 Å². The smallest absolute Gasteiger partial charge is 0.330 e. The minimum atomic E-state index is -1.02. The van der Waals surface area contributed by atoms with Gasteiger partial charge in [-0.3, -0.25) is 14.3 Å². The van der Waals surface area contributed by atoms with E-state index in [2.05, 4.69) is 4.98 Å². The van der Waals surface area contributed by atoms with E-state index in [1.165, 1.54) is 16.8 Å². The fraction of sp³-hybridized carbons (Fsp3) is 0.615. The number of carbonyl (C=O) groups excluding carboxylic acids is 1. The van der Waals surface area contributed by atoms with Crippen molar-refractivity contribution in [3.8, 4) is 0 Å². The van der Waals surface area contributed by atoms with Crippen LogP contribution < -0.4 is 11.2 Å².